The molecular weight excluding hydrogens is 747 g/mol. The molecule has 11 rings (SSSR count). The van der Waals surface area contributed by atoms with Gasteiger partial charge in [0.05, 0.1) is 11.3 Å². The zero-order valence-electron chi connectivity index (χ0n) is 34.4. The summed E-state index contributed by atoms with van der Waals surface area (Å²) in [4.78, 5) is 2.31. The van der Waals surface area contributed by atoms with Gasteiger partial charge in [0.15, 0.2) is 0 Å². The van der Waals surface area contributed by atoms with E-state index >= 15 is 0 Å². The number of nitrogens with zero attached hydrogens (tertiary/aromatic N) is 1. The minimum absolute atomic E-state index is 0.371. The van der Waals surface area contributed by atoms with Crippen molar-refractivity contribution in [3.8, 4) is 45.7 Å². The average molecular weight is 790 g/mol. The third-order valence-corrected chi connectivity index (χ3v) is 13.2. The Morgan fingerprint density at radius 3 is 1.56 bits per heavy atom. The quantitative estimate of drug-likeness (QED) is 0.0954. The standard InChI is InChI=1S/C61H43N/c1-4-6-20-41(3)62-36-19-7-8-25-48(5-2)61(55-30-17-18-31-58(55)62)56-39-46(59-49-26-13-9-21-42(49)37-43-22-10-14-27-50(43)59)32-34-53(56)54-35-33-47(40-57(54)61)60-51-28-15-11-23-44(51)38-45-24-12-16-29-52(45)60/h2,4,6-35,37-40,48H,1,3,36H2/b19-7-,20-6-,25-8-. The number of hydrogen-bond acceptors (Lipinski definition) is 1. The molecule has 0 bridgehead atoms. The first kappa shape index (κ1) is 37.1. The van der Waals surface area contributed by atoms with Gasteiger partial charge in [0.2, 0.25) is 0 Å². The monoisotopic (exact) mass is 789 g/mol. The maximum atomic E-state index is 6.92. The minimum Gasteiger partial charge on any atom is -0.338 e. The Labute approximate surface area is 363 Å². The zero-order chi connectivity index (χ0) is 41.8. The lowest BCUT2D eigenvalue weighted by atomic mass is 9.63. The van der Waals surface area contributed by atoms with E-state index in [0.717, 1.165) is 28.1 Å². The molecule has 1 unspecified atom stereocenters. The Morgan fingerprint density at radius 1 is 0.581 bits per heavy atom. The molecule has 1 aliphatic heterocycles. The van der Waals surface area contributed by atoms with Crippen molar-refractivity contribution in [3.05, 3.63) is 248 Å². The lowest BCUT2D eigenvalue weighted by Crippen LogP contribution is -2.37. The van der Waals surface area contributed by atoms with Crippen molar-refractivity contribution in [1.82, 2.24) is 0 Å². The van der Waals surface area contributed by atoms with Gasteiger partial charge in [-0.3, -0.25) is 0 Å². The molecule has 1 atom stereocenters. The van der Waals surface area contributed by atoms with Gasteiger partial charge in [0, 0.05) is 17.9 Å². The molecule has 0 saturated carbocycles. The molecule has 2 aliphatic rings. The van der Waals surface area contributed by atoms with Crippen LogP contribution in [0.25, 0.3) is 76.5 Å². The van der Waals surface area contributed by atoms with E-state index in [1.807, 2.05) is 12.2 Å². The van der Waals surface area contributed by atoms with Gasteiger partial charge in [-0.25, -0.2) is 0 Å². The molecule has 9 aromatic rings. The third-order valence-electron chi connectivity index (χ3n) is 13.2. The SMILES string of the molecule is C#CC1/C=C\C=C/CN(C(=C)/C=C\C=C)c2ccccc2C12c1cc(-c3c4ccccc4cc4ccccc34)ccc1-c1ccc(-c3c4ccccc4cc4ccccc34)cc12. The fraction of sp³-hybridized carbons (Fsp3) is 0.0492. The Bertz CT molecular complexity index is 3180. The minimum atomic E-state index is -0.814. The van der Waals surface area contributed by atoms with E-state index < -0.39 is 5.41 Å². The number of anilines is 1. The van der Waals surface area contributed by atoms with Crippen LogP contribution < -0.4 is 4.90 Å². The molecule has 1 heterocycles. The molecule has 1 nitrogen and oxygen atoms in total. The molecule has 62 heavy (non-hydrogen) atoms. The van der Waals surface area contributed by atoms with Crippen LogP contribution in [-0.2, 0) is 5.41 Å². The van der Waals surface area contributed by atoms with Crippen LogP contribution in [0.3, 0.4) is 0 Å². The van der Waals surface area contributed by atoms with E-state index in [0.29, 0.717) is 6.54 Å². The van der Waals surface area contributed by atoms with E-state index in [1.54, 1.807) is 6.08 Å². The van der Waals surface area contributed by atoms with E-state index in [9.17, 15) is 0 Å². The highest BCUT2D eigenvalue weighted by atomic mass is 15.1. The van der Waals surface area contributed by atoms with E-state index in [2.05, 4.69) is 218 Å². The summed E-state index contributed by atoms with van der Waals surface area (Å²) < 4.78 is 0. The van der Waals surface area contributed by atoms with Crippen LogP contribution in [-0.4, -0.2) is 6.54 Å². The van der Waals surface area contributed by atoms with E-state index in [-0.39, 0.29) is 5.92 Å². The maximum absolute atomic E-state index is 6.92. The van der Waals surface area contributed by atoms with Crippen LogP contribution in [0.4, 0.5) is 5.69 Å². The summed E-state index contributed by atoms with van der Waals surface area (Å²) in [6.45, 7) is 9.20. The van der Waals surface area contributed by atoms with Crippen LogP contribution in [0, 0.1) is 18.3 Å². The first-order valence-electron chi connectivity index (χ1n) is 21.4. The van der Waals surface area contributed by atoms with Crippen LogP contribution >= 0.6 is 0 Å². The van der Waals surface area contributed by atoms with E-state index in [1.165, 1.54) is 76.5 Å². The first-order chi connectivity index (χ1) is 30.6. The molecule has 0 fully saturated rings. The fourth-order valence-electron chi connectivity index (χ4n) is 10.5. The second-order valence-electron chi connectivity index (χ2n) is 16.4. The fourth-order valence-corrected chi connectivity index (χ4v) is 10.5. The average Bonchev–Trinajstić information content (AvgIpc) is 3.60. The van der Waals surface area contributed by atoms with E-state index in [4.69, 9.17) is 6.42 Å². The number of terminal acetylenes is 1. The Morgan fingerprint density at radius 2 is 1.06 bits per heavy atom. The second kappa shape index (κ2) is 15.0. The van der Waals surface area contributed by atoms with Gasteiger partial charge in [-0.2, -0.15) is 0 Å². The molecule has 0 saturated heterocycles. The predicted molar refractivity (Wildman–Crippen MR) is 266 cm³/mol. The maximum Gasteiger partial charge on any atom is 0.0656 e. The summed E-state index contributed by atoms with van der Waals surface area (Å²) in [5.41, 5.74) is 11.8. The van der Waals surface area contributed by atoms with Crippen molar-refractivity contribution in [2.24, 2.45) is 5.92 Å². The van der Waals surface area contributed by atoms with Crippen molar-refractivity contribution in [1.29, 1.82) is 0 Å². The summed E-state index contributed by atoms with van der Waals surface area (Å²) in [6, 6.07) is 62.8. The summed E-state index contributed by atoms with van der Waals surface area (Å²) in [5.74, 6) is 3.03. The van der Waals surface area contributed by atoms with Crippen molar-refractivity contribution in [3.63, 3.8) is 0 Å². The van der Waals surface area contributed by atoms with Crippen molar-refractivity contribution >= 4 is 48.8 Å². The normalized spacial score (nSPS) is 16.2. The predicted octanol–water partition coefficient (Wildman–Crippen LogP) is 15.4. The smallest absolute Gasteiger partial charge is 0.0656 e. The molecule has 9 aromatic carbocycles. The highest BCUT2D eigenvalue weighted by molar-refractivity contribution is 6.14. The highest BCUT2D eigenvalue weighted by Crippen LogP contribution is 2.60. The van der Waals surface area contributed by atoms with Gasteiger partial charge < -0.3 is 4.90 Å². The van der Waals surface area contributed by atoms with Crippen molar-refractivity contribution < 1.29 is 0 Å². The van der Waals surface area contributed by atoms with Gasteiger partial charge in [0.25, 0.3) is 0 Å². The molecule has 1 heteroatoms. The lowest BCUT2D eigenvalue weighted by Gasteiger charge is -2.41. The number of allylic oxidation sites excluding steroid dienone is 6. The zero-order valence-corrected chi connectivity index (χ0v) is 34.4. The number of fused-ring (bicyclic) bond motifs is 11. The summed E-state index contributed by atoms with van der Waals surface area (Å²) in [5, 5.41) is 9.76. The van der Waals surface area contributed by atoms with Crippen LogP contribution in [0.2, 0.25) is 0 Å². The second-order valence-corrected chi connectivity index (χ2v) is 16.4. The Hall–Kier alpha value is -7.92. The molecule has 0 aromatic heterocycles. The molecule has 0 radical (unpaired) electrons. The molecule has 1 aliphatic carbocycles. The molecular formula is C61H43N. The Balaban J connectivity index is 1.28. The largest absolute Gasteiger partial charge is 0.338 e. The van der Waals surface area contributed by atoms with Gasteiger partial charge in [-0.15, -0.1) is 6.42 Å². The van der Waals surface area contributed by atoms with Crippen LogP contribution in [0.1, 0.15) is 16.7 Å². The first-order valence-corrected chi connectivity index (χ1v) is 21.4. The highest BCUT2D eigenvalue weighted by Gasteiger charge is 2.51. The Kier molecular flexibility index (Phi) is 8.96. The lowest BCUT2D eigenvalue weighted by molar-refractivity contribution is 0.551. The van der Waals surface area contributed by atoms with Crippen molar-refractivity contribution in [2.75, 3.05) is 11.4 Å². The van der Waals surface area contributed by atoms with Crippen LogP contribution in [0.5, 0.6) is 0 Å². The van der Waals surface area contributed by atoms with Crippen molar-refractivity contribution in [2.45, 2.75) is 5.41 Å². The molecule has 1 spiro atoms. The topological polar surface area (TPSA) is 3.24 Å². The molecule has 0 amide bonds. The molecule has 292 valence electrons. The summed E-state index contributed by atoms with van der Waals surface area (Å²) in [7, 11) is 0. The number of benzene rings is 9. The van der Waals surface area contributed by atoms with Gasteiger partial charge in [0.1, 0.15) is 0 Å². The van der Waals surface area contributed by atoms with Gasteiger partial charge in [-0.05, 0) is 130 Å². The summed E-state index contributed by atoms with van der Waals surface area (Å²) in [6.07, 6.45) is 21.4. The third kappa shape index (κ3) is 5.65. The number of hydrogen-bond donors (Lipinski definition) is 0. The molecule has 0 N–H and O–H groups in total. The summed E-state index contributed by atoms with van der Waals surface area (Å²) >= 11 is 0. The number of rotatable bonds is 5. The number of para-hydroxylation sites is 1. The van der Waals surface area contributed by atoms with Gasteiger partial charge >= 0.3 is 0 Å². The van der Waals surface area contributed by atoms with Gasteiger partial charge in [-0.1, -0.05) is 195 Å². The van der Waals surface area contributed by atoms with Crippen LogP contribution in [0.15, 0.2) is 231 Å².